The minimum absolute atomic E-state index is 0.150. The maximum Gasteiger partial charge on any atom is 0.178 e. The van der Waals surface area contributed by atoms with Gasteiger partial charge in [0.15, 0.2) is 5.78 Å². The Labute approximate surface area is 188 Å². The quantitative estimate of drug-likeness (QED) is 0.374. The van der Waals surface area contributed by atoms with E-state index in [1.54, 1.807) is 0 Å². The molecule has 164 valence electrons. The Morgan fingerprint density at radius 3 is 1.61 bits per heavy atom. The van der Waals surface area contributed by atoms with E-state index >= 15 is 0 Å². The van der Waals surface area contributed by atoms with Crippen molar-refractivity contribution in [2.75, 3.05) is 0 Å². The summed E-state index contributed by atoms with van der Waals surface area (Å²) in [6.45, 7) is 18.7. The van der Waals surface area contributed by atoms with E-state index in [0.29, 0.717) is 22.4 Å². The van der Waals surface area contributed by atoms with E-state index in [1.807, 2.05) is 0 Å². The summed E-state index contributed by atoms with van der Waals surface area (Å²) in [5.41, 5.74) is 5.30. The first-order valence-corrected chi connectivity index (χ1v) is 14.1. The summed E-state index contributed by atoms with van der Waals surface area (Å²) in [7, 11) is -2.04. The summed E-state index contributed by atoms with van der Waals surface area (Å²) in [4.78, 5) is 14.4. The molecular weight excluding hydrogens is 394 g/mol. The van der Waals surface area contributed by atoms with Crippen molar-refractivity contribution in [1.29, 1.82) is 0 Å². The zero-order chi connectivity index (χ0) is 22.7. The zero-order valence-electron chi connectivity index (χ0n) is 20.4. The lowest BCUT2D eigenvalue weighted by Gasteiger charge is -2.44. The molecule has 0 N–H and O–H groups in total. The van der Waals surface area contributed by atoms with Crippen molar-refractivity contribution in [3.05, 3.63) is 59.3 Å². The first-order valence-electron chi connectivity index (χ1n) is 11.9. The molecule has 0 saturated heterocycles. The molecule has 3 aromatic rings. The summed E-state index contributed by atoms with van der Waals surface area (Å²) >= 11 is 0. The van der Waals surface area contributed by atoms with Crippen molar-refractivity contribution >= 4 is 35.7 Å². The summed E-state index contributed by atoms with van der Waals surface area (Å²) in [6.07, 6.45) is 0. The van der Waals surface area contributed by atoms with Gasteiger partial charge in [-0.2, -0.15) is 0 Å². The molecule has 1 heterocycles. The lowest BCUT2D eigenvalue weighted by atomic mass is 10.00. The van der Waals surface area contributed by atoms with E-state index in [-0.39, 0.29) is 12.0 Å². The molecule has 4 rings (SSSR count). The largest absolute Gasteiger partial charge is 0.329 e. The van der Waals surface area contributed by atoms with Gasteiger partial charge in [-0.1, -0.05) is 90.4 Å². The molecule has 2 atom stereocenters. The van der Waals surface area contributed by atoms with Crippen LogP contribution in [0.3, 0.4) is 0 Å². The monoisotopic (exact) mass is 431 g/mol. The van der Waals surface area contributed by atoms with Gasteiger partial charge in [-0.3, -0.25) is 4.79 Å². The van der Waals surface area contributed by atoms with Gasteiger partial charge in [-0.05, 0) is 40.9 Å². The molecule has 0 saturated carbocycles. The lowest BCUT2D eigenvalue weighted by Crippen LogP contribution is -2.49. The molecule has 1 aromatic heterocycles. The summed E-state index contributed by atoms with van der Waals surface area (Å²) in [6, 6.07) is 17.0. The van der Waals surface area contributed by atoms with Crippen molar-refractivity contribution < 1.29 is 4.79 Å². The third-order valence-electron chi connectivity index (χ3n) is 8.26. The average Bonchev–Trinajstić information content (AvgIpc) is 3.15. The predicted octanol–water partition coefficient (Wildman–Crippen LogP) is 8.09. The van der Waals surface area contributed by atoms with Gasteiger partial charge >= 0.3 is 0 Å². The van der Waals surface area contributed by atoms with Gasteiger partial charge in [0, 0.05) is 27.7 Å². The minimum atomic E-state index is -2.04. The second-order valence-corrected chi connectivity index (χ2v) is 16.3. The van der Waals surface area contributed by atoms with E-state index in [1.165, 1.54) is 32.6 Å². The minimum Gasteiger partial charge on any atom is -0.329 e. The number of nitrogens with zero attached hydrogens (tertiary/aromatic N) is 1. The highest BCUT2D eigenvalue weighted by molar-refractivity contribution is 6.93. The Kier molecular flexibility index (Phi) is 5.54. The second-order valence-electron chi connectivity index (χ2n) is 10.5. The van der Waals surface area contributed by atoms with Gasteiger partial charge in [0.1, 0.15) is 6.04 Å². The van der Waals surface area contributed by atoms with Crippen molar-refractivity contribution in [3.8, 4) is 0 Å². The molecule has 0 amide bonds. The smallest absolute Gasteiger partial charge is 0.178 e. The zero-order valence-corrected chi connectivity index (χ0v) is 21.4. The molecule has 0 aliphatic heterocycles. The number of para-hydroxylation sites is 2. The molecule has 0 bridgehead atoms. The van der Waals surface area contributed by atoms with E-state index in [9.17, 15) is 4.79 Å². The van der Waals surface area contributed by atoms with Gasteiger partial charge in [-0.25, -0.2) is 0 Å². The number of Topliss-reactive ketones (excluding diaryl/α,β-unsaturated/α-hetero) is 1. The number of carbonyl (C=O) groups excluding carboxylic acids is 1. The van der Waals surface area contributed by atoms with Crippen LogP contribution in [0.25, 0.3) is 21.8 Å². The standard InChI is InChI=1S/C28H37NOSi/c1-17(2)31(18(3)4,19(5)6)28-21(8)20(7)26(27(28)30)29-24-15-11-9-13-22(24)23-14-10-12-16-25(23)29/h9-20,26H,1-8H3/t20-,26-/m1/s1. The molecule has 0 unspecified atom stereocenters. The summed E-state index contributed by atoms with van der Waals surface area (Å²) in [5, 5.41) is 3.72. The van der Waals surface area contributed by atoms with Crippen LogP contribution < -0.4 is 0 Å². The number of aromatic nitrogens is 1. The van der Waals surface area contributed by atoms with Gasteiger partial charge in [-0.15, -0.1) is 0 Å². The molecule has 31 heavy (non-hydrogen) atoms. The Morgan fingerprint density at radius 1 is 0.774 bits per heavy atom. The van der Waals surface area contributed by atoms with Crippen LogP contribution in [0.4, 0.5) is 0 Å². The van der Waals surface area contributed by atoms with Crippen LogP contribution in [0, 0.1) is 5.92 Å². The maximum absolute atomic E-state index is 14.4. The van der Waals surface area contributed by atoms with E-state index < -0.39 is 8.07 Å². The van der Waals surface area contributed by atoms with Crippen LogP contribution in [0.5, 0.6) is 0 Å². The number of ketones is 1. The molecule has 1 aliphatic carbocycles. The number of allylic oxidation sites excluding steroid dienone is 2. The van der Waals surface area contributed by atoms with Crippen LogP contribution in [0.15, 0.2) is 59.3 Å². The molecule has 3 heteroatoms. The fraction of sp³-hybridized carbons (Fsp3) is 0.464. The first kappa shape index (κ1) is 22.1. The highest BCUT2D eigenvalue weighted by Gasteiger charge is 2.54. The second kappa shape index (κ2) is 7.77. The summed E-state index contributed by atoms with van der Waals surface area (Å²) < 4.78 is 2.36. The molecule has 0 spiro atoms. The number of hydrogen-bond acceptors (Lipinski definition) is 1. The van der Waals surface area contributed by atoms with E-state index in [4.69, 9.17) is 0 Å². The van der Waals surface area contributed by atoms with Crippen LogP contribution in [0.2, 0.25) is 16.6 Å². The number of fused-ring (bicyclic) bond motifs is 3. The van der Waals surface area contributed by atoms with Gasteiger partial charge < -0.3 is 4.57 Å². The Balaban J connectivity index is 1.98. The normalized spacial score (nSPS) is 20.4. The van der Waals surface area contributed by atoms with Crippen molar-refractivity contribution in [3.63, 3.8) is 0 Å². The fourth-order valence-electron chi connectivity index (χ4n) is 7.05. The molecule has 2 nitrogen and oxygen atoms in total. The molecule has 0 radical (unpaired) electrons. The highest BCUT2D eigenvalue weighted by Crippen LogP contribution is 2.53. The molecular formula is C28H37NOSi. The van der Waals surface area contributed by atoms with Crippen molar-refractivity contribution in [2.45, 2.75) is 78.1 Å². The Hall–Kier alpha value is -2.13. The van der Waals surface area contributed by atoms with Crippen LogP contribution in [-0.4, -0.2) is 18.4 Å². The van der Waals surface area contributed by atoms with E-state index in [2.05, 4.69) is 108 Å². The fourth-order valence-corrected chi connectivity index (χ4v) is 14.3. The lowest BCUT2D eigenvalue weighted by molar-refractivity contribution is -0.117. The third-order valence-corrected chi connectivity index (χ3v) is 15.5. The van der Waals surface area contributed by atoms with Crippen LogP contribution >= 0.6 is 0 Å². The molecule has 1 aliphatic rings. The third kappa shape index (κ3) is 2.92. The first-order chi connectivity index (χ1) is 14.7. The topological polar surface area (TPSA) is 22.0 Å². The SMILES string of the molecule is CC1=C([Si](C(C)C)(C(C)C)C(C)C)C(=O)[C@H](n2c3ccccc3c3ccccc32)[C@@H]1C. The number of rotatable bonds is 5. The van der Waals surface area contributed by atoms with E-state index in [0.717, 1.165) is 0 Å². The Morgan fingerprint density at radius 2 is 1.19 bits per heavy atom. The summed E-state index contributed by atoms with van der Waals surface area (Å²) in [5.74, 6) is 0.601. The average molecular weight is 432 g/mol. The molecule has 0 fully saturated rings. The number of carbonyl (C=O) groups is 1. The number of hydrogen-bond donors (Lipinski definition) is 0. The number of benzene rings is 2. The van der Waals surface area contributed by atoms with Gasteiger partial charge in [0.25, 0.3) is 0 Å². The van der Waals surface area contributed by atoms with Crippen molar-refractivity contribution in [1.82, 2.24) is 4.57 Å². The maximum atomic E-state index is 14.4. The van der Waals surface area contributed by atoms with Crippen LogP contribution in [-0.2, 0) is 4.79 Å². The van der Waals surface area contributed by atoms with Crippen LogP contribution in [0.1, 0.15) is 61.4 Å². The van der Waals surface area contributed by atoms with Gasteiger partial charge in [0.05, 0.1) is 8.07 Å². The molecule has 2 aromatic carbocycles. The van der Waals surface area contributed by atoms with Gasteiger partial charge in [0.2, 0.25) is 0 Å². The Bertz CT molecular complexity index is 1110. The van der Waals surface area contributed by atoms with Crippen molar-refractivity contribution in [2.24, 2.45) is 5.92 Å². The predicted molar refractivity (Wildman–Crippen MR) is 136 cm³/mol. The highest BCUT2D eigenvalue weighted by atomic mass is 28.3.